The van der Waals surface area contributed by atoms with E-state index in [9.17, 15) is 4.79 Å². The average molecular weight is 153 g/mol. The molecule has 0 unspecified atom stereocenters. The van der Waals surface area contributed by atoms with Crippen LogP contribution in [0.25, 0.3) is 0 Å². The summed E-state index contributed by atoms with van der Waals surface area (Å²) in [5.74, 6) is -0.187. The zero-order valence-corrected chi connectivity index (χ0v) is 6.46. The van der Waals surface area contributed by atoms with Gasteiger partial charge < -0.3 is 10.1 Å². The van der Waals surface area contributed by atoms with E-state index in [0.29, 0.717) is 6.42 Å². The molecule has 0 saturated carbocycles. The molecule has 0 bridgehead atoms. The molecule has 0 aliphatic carbocycles. The smallest absolute Gasteiger partial charge is 0.309 e. The molecule has 0 amide bonds. The molecule has 0 saturated heterocycles. The standard InChI is InChI=1S/C8H11NO2/c1-11-8(10)5-7-3-2-4-9-6-7/h2,4,6,9H,3,5H2,1H3. The first-order valence-corrected chi connectivity index (χ1v) is 3.48. The molecule has 0 aromatic rings. The Morgan fingerprint density at radius 2 is 2.64 bits per heavy atom. The normalized spacial score (nSPS) is 15.2. The van der Waals surface area contributed by atoms with Crippen LogP contribution in [-0.4, -0.2) is 13.1 Å². The number of carbonyl (C=O) groups is 1. The fourth-order valence-electron chi connectivity index (χ4n) is 0.884. The van der Waals surface area contributed by atoms with Crippen LogP contribution < -0.4 is 5.32 Å². The van der Waals surface area contributed by atoms with E-state index in [1.54, 1.807) is 0 Å². The topological polar surface area (TPSA) is 38.3 Å². The van der Waals surface area contributed by atoms with Gasteiger partial charge in [0, 0.05) is 6.20 Å². The van der Waals surface area contributed by atoms with Crippen molar-refractivity contribution in [3.8, 4) is 0 Å². The van der Waals surface area contributed by atoms with Gasteiger partial charge in [-0.3, -0.25) is 4.79 Å². The largest absolute Gasteiger partial charge is 0.469 e. The van der Waals surface area contributed by atoms with Crippen molar-refractivity contribution in [2.45, 2.75) is 12.8 Å². The Morgan fingerprint density at radius 1 is 1.82 bits per heavy atom. The summed E-state index contributed by atoms with van der Waals surface area (Å²) in [6.07, 6.45) is 6.87. The maximum Gasteiger partial charge on any atom is 0.309 e. The van der Waals surface area contributed by atoms with E-state index in [1.807, 2.05) is 18.5 Å². The third kappa shape index (κ3) is 2.45. The summed E-state index contributed by atoms with van der Waals surface area (Å²) in [5, 5.41) is 2.91. The Bertz CT molecular complexity index is 206. The summed E-state index contributed by atoms with van der Waals surface area (Å²) in [7, 11) is 1.40. The van der Waals surface area contributed by atoms with E-state index in [0.717, 1.165) is 12.0 Å². The second-order valence-electron chi connectivity index (χ2n) is 2.33. The molecule has 0 fully saturated rings. The van der Waals surface area contributed by atoms with Gasteiger partial charge in [-0.15, -0.1) is 0 Å². The SMILES string of the molecule is COC(=O)CC1=CNC=CC1. The minimum absolute atomic E-state index is 0.187. The molecule has 1 N–H and O–H groups in total. The van der Waals surface area contributed by atoms with Crippen LogP contribution in [0.1, 0.15) is 12.8 Å². The number of ether oxygens (including phenoxy) is 1. The van der Waals surface area contributed by atoms with Crippen molar-refractivity contribution in [1.82, 2.24) is 5.32 Å². The highest BCUT2D eigenvalue weighted by Gasteiger charge is 2.05. The molecule has 60 valence electrons. The quantitative estimate of drug-likeness (QED) is 0.600. The summed E-state index contributed by atoms with van der Waals surface area (Å²) in [6.45, 7) is 0. The van der Waals surface area contributed by atoms with Crippen molar-refractivity contribution >= 4 is 5.97 Å². The molecule has 1 aliphatic heterocycles. The van der Waals surface area contributed by atoms with Crippen LogP contribution in [0.4, 0.5) is 0 Å². The fraction of sp³-hybridized carbons (Fsp3) is 0.375. The summed E-state index contributed by atoms with van der Waals surface area (Å²) < 4.78 is 4.52. The van der Waals surface area contributed by atoms with Gasteiger partial charge in [0.1, 0.15) is 0 Å². The predicted molar refractivity (Wildman–Crippen MR) is 41.6 cm³/mol. The van der Waals surface area contributed by atoms with Crippen LogP contribution in [-0.2, 0) is 9.53 Å². The third-order valence-electron chi connectivity index (χ3n) is 1.48. The maximum atomic E-state index is 10.8. The summed E-state index contributed by atoms with van der Waals surface area (Å²) in [4.78, 5) is 10.8. The van der Waals surface area contributed by atoms with Crippen LogP contribution in [0.15, 0.2) is 24.0 Å². The van der Waals surface area contributed by atoms with Crippen molar-refractivity contribution in [1.29, 1.82) is 0 Å². The van der Waals surface area contributed by atoms with Crippen LogP contribution >= 0.6 is 0 Å². The molecular formula is C8H11NO2. The Morgan fingerprint density at radius 3 is 3.18 bits per heavy atom. The molecule has 11 heavy (non-hydrogen) atoms. The predicted octanol–water partition coefficient (Wildman–Crippen LogP) is 0.940. The van der Waals surface area contributed by atoms with Gasteiger partial charge in [-0.05, 0) is 18.2 Å². The van der Waals surface area contributed by atoms with Gasteiger partial charge in [0.25, 0.3) is 0 Å². The molecule has 1 aliphatic rings. The van der Waals surface area contributed by atoms with Crippen LogP contribution in [0.5, 0.6) is 0 Å². The molecule has 0 aromatic heterocycles. The van der Waals surface area contributed by atoms with Crippen molar-refractivity contribution in [2.24, 2.45) is 0 Å². The first-order chi connectivity index (χ1) is 5.33. The number of carbonyl (C=O) groups excluding carboxylic acids is 1. The second-order valence-corrected chi connectivity index (χ2v) is 2.33. The average Bonchev–Trinajstić information content (AvgIpc) is 2.06. The summed E-state index contributed by atoms with van der Waals surface area (Å²) >= 11 is 0. The molecule has 1 heterocycles. The Labute approximate surface area is 65.7 Å². The highest BCUT2D eigenvalue weighted by Crippen LogP contribution is 2.09. The first-order valence-electron chi connectivity index (χ1n) is 3.48. The first kappa shape index (κ1) is 7.85. The number of rotatable bonds is 2. The van der Waals surface area contributed by atoms with E-state index in [-0.39, 0.29) is 5.97 Å². The Hall–Kier alpha value is -1.25. The van der Waals surface area contributed by atoms with Crippen LogP contribution in [0, 0.1) is 0 Å². The van der Waals surface area contributed by atoms with Gasteiger partial charge in [0.05, 0.1) is 13.5 Å². The number of dihydropyridines is 1. The van der Waals surface area contributed by atoms with Crippen LogP contribution in [0.3, 0.4) is 0 Å². The molecule has 3 nitrogen and oxygen atoms in total. The molecule has 0 radical (unpaired) electrons. The molecule has 0 spiro atoms. The summed E-state index contributed by atoms with van der Waals surface area (Å²) in [5.41, 5.74) is 1.05. The fourth-order valence-corrected chi connectivity index (χ4v) is 0.884. The zero-order chi connectivity index (χ0) is 8.10. The molecule has 3 heteroatoms. The third-order valence-corrected chi connectivity index (χ3v) is 1.48. The molecular weight excluding hydrogens is 142 g/mol. The van der Waals surface area contributed by atoms with Gasteiger partial charge in [0.15, 0.2) is 0 Å². The lowest BCUT2D eigenvalue weighted by Crippen LogP contribution is -2.07. The second kappa shape index (κ2) is 3.81. The van der Waals surface area contributed by atoms with Gasteiger partial charge in [-0.1, -0.05) is 6.08 Å². The van der Waals surface area contributed by atoms with E-state index >= 15 is 0 Å². The van der Waals surface area contributed by atoms with E-state index in [2.05, 4.69) is 10.1 Å². The van der Waals surface area contributed by atoms with Crippen molar-refractivity contribution in [3.05, 3.63) is 24.0 Å². The molecule has 0 aromatic carbocycles. The van der Waals surface area contributed by atoms with Crippen molar-refractivity contribution < 1.29 is 9.53 Å². The van der Waals surface area contributed by atoms with E-state index in [4.69, 9.17) is 0 Å². The van der Waals surface area contributed by atoms with Gasteiger partial charge in [0.2, 0.25) is 0 Å². The van der Waals surface area contributed by atoms with Crippen molar-refractivity contribution in [2.75, 3.05) is 7.11 Å². The minimum Gasteiger partial charge on any atom is -0.469 e. The van der Waals surface area contributed by atoms with E-state index in [1.165, 1.54) is 7.11 Å². The van der Waals surface area contributed by atoms with E-state index < -0.39 is 0 Å². The number of nitrogens with one attached hydrogen (secondary N) is 1. The highest BCUT2D eigenvalue weighted by molar-refractivity contribution is 5.72. The Balaban J connectivity index is 2.37. The summed E-state index contributed by atoms with van der Waals surface area (Å²) in [6, 6.07) is 0. The minimum atomic E-state index is -0.187. The van der Waals surface area contributed by atoms with Gasteiger partial charge in [-0.2, -0.15) is 0 Å². The zero-order valence-electron chi connectivity index (χ0n) is 6.46. The molecule has 1 rings (SSSR count). The van der Waals surface area contributed by atoms with Crippen LogP contribution in [0.2, 0.25) is 0 Å². The number of methoxy groups -OCH3 is 1. The maximum absolute atomic E-state index is 10.8. The lowest BCUT2D eigenvalue weighted by molar-refractivity contribution is -0.139. The van der Waals surface area contributed by atoms with Gasteiger partial charge in [-0.25, -0.2) is 0 Å². The number of hydrogen-bond acceptors (Lipinski definition) is 3. The number of esters is 1. The Kier molecular flexibility index (Phi) is 2.72. The van der Waals surface area contributed by atoms with Gasteiger partial charge >= 0.3 is 5.97 Å². The molecule has 0 atom stereocenters. The highest BCUT2D eigenvalue weighted by atomic mass is 16.5. The monoisotopic (exact) mass is 153 g/mol. The number of hydrogen-bond donors (Lipinski definition) is 1. The number of allylic oxidation sites excluding steroid dienone is 1. The lowest BCUT2D eigenvalue weighted by Gasteiger charge is -2.07. The van der Waals surface area contributed by atoms with Crippen molar-refractivity contribution in [3.63, 3.8) is 0 Å². The lowest BCUT2D eigenvalue weighted by atomic mass is 10.1.